The van der Waals surface area contributed by atoms with Crippen molar-refractivity contribution < 1.29 is 4.42 Å². The van der Waals surface area contributed by atoms with Crippen molar-refractivity contribution in [3.05, 3.63) is 237 Å². The van der Waals surface area contributed by atoms with Crippen molar-refractivity contribution in [3.63, 3.8) is 0 Å². The maximum atomic E-state index is 6.47. The Hall–Kier alpha value is -7.94. The Morgan fingerprint density at radius 2 is 0.800 bits per heavy atom. The molecule has 0 atom stereocenters. The van der Waals surface area contributed by atoms with Gasteiger partial charge in [0.05, 0.1) is 0 Å². The number of furan rings is 1. The number of para-hydroxylation sites is 1. The summed E-state index contributed by atoms with van der Waals surface area (Å²) in [6.07, 6.45) is 0. The zero-order valence-corrected chi connectivity index (χ0v) is 32.9. The minimum Gasteiger partial charge on any atom is -0.456 e. The number of nitrogens with zero attached hydrogens (tertiary/aromatic N) is 1. The highest BCUT2D eigenvalue weighted by molar-refractivity contribution is 6.13. The zero-order chi connectivity index (χ0) is 39.8. The summed E-state index contributed by atoms with van der Waals surface area (Å²) in [5.41, 5.74) is 14.5. The van der Waals surface area contributed by atoms with E-state index in [1.807, 2.05) is 12.1 Å². The van der Waals surface area contributed by atoms with E-state index < -0.39 is 0 Å². The smallest absolute Gasteiger partial charge is 0.136 e. The molecule has 10 aromatic carbocycles. The average molecular weight is 766 g/mol. The van der Waals surface area contributed by atoms with Gasteiger partial charge in [-0.3, -0.25) is 0 Å². The van der Waals surface area contributed by atoms with E-state index in [9.17, 15) is 0 Å². The molecule has 0 N–H and O–H groups in total. The van der Waals surface area contributed by atoms with Crippen LogP contribution in [0.1, 0.15) is 0 Å². The van der Waals surface area contributed by atoms with Crippen LogP contribution in [0.25, 0.3) is 88.3 Å². The van der Waals surface area contributed by atoms with E-state index in [1.165, 1.54) is 43.8 Å². The highest BCUT2D eigenvalue weighted by Crippen LogP contribution is 2.42. The van der Waals surface area contributed by atoms with Crippen molar-refractivity contribution in [3.8, 4) is 55.8 Å². The molecule has 282 valence electrons. The first-order chi connectivity index (χ1) is 29.7. The lowest BCUT2D eigenvalue weighted by Crippen LogP contribution is -2.10. The summed E-state index contributed by atoms with van der Waals surface area (Å²) in [7, 11) is 0. The monoisotopic (exact) mass is 765 g/mol. The predicted molar refractivity (Wildman–Crippen MR) is 253 cm³/mol. The van der Waals surface area contributed by atoms with Crippen molar-refractivity contribution >= 4 is 49.6 Å². The molecule has 2 nitrogen and oxygen atoms in total. The van der Waals surface area contributed by atoms with Gasteiger partial charge in [-0.1, -0.05) is 176 Å². The minimum absolute atomic E-state index is 0.859. The number of anilines is 3. The predicted octanol–water partition coefficient (Wildman–Crippen LogP) is 16.5. The summed E-state index contributed by atoms with van der Waals surface area (Å²) in [6.45, 7) is 0. The van der Waals surface area contributed by atoms with Crippen LogP contribution in [0.2, 0.25) is 0 Å². The molecule has 1 heterocycles. The van der Waals surface area contributed by atoms with Crippen LogP contribution in [0.5, 0.6) is 0 Å². The number of hydrogen-bond donors (Lipinski definition) is 0. The fraction of sp³-hybridized carbons (Fsp3) is 0. The third-order valence-corrected chi connectivity index (χ3v) is 11.7. The standard InChI is InChI=1S/C58H39NO/c1-3-14-40(15-4-1)44-20-13-21-50(36-44)59(49-33-28-43(29-34-49)55-38-46-18-7-9-22-51(46)53-23-10-11-24-54(53)55)48-31-26-41(27-32-48)45-30-35-52(42-16-5-2-6-17-42)56(37-45)58-39-47-19-8-12-25-57(47)60-58/h1-39H. The summed E-state index contributed by atoms with van der Waals surface area (Å²) >= 11 is 0. The molecule has 0 unspecified atom stereocenters. The molecule has 0 saturated carbocycles. The average Bonchev–Trinajstić information content (AvgIpc) is 3.77. The van der Waals surface area contributed by atoms with Gasteiger partial charge in [0.25, 0.3) is 0 Å². The van der Waals surface area contributed by atoms with Crippen LogP contribution in [0.15, 0.2) is 241 Å². The first-order valence-corrected chi connectivity index (χ1v) is 20.5. The molecular formula is C58H39NO. The second-order valence-electron chi connectivity index (χ2n) is 15.3. The molecule has 0 aliphatic carbocycles. The van der Waals surface area contributed by atoms with E-state index in [-0.39, 0.29) is 0 Å². The zero-order valence-electron chi connectivity index (χ0n) is 32.9. The highest BCUT2D eigenvalue weighted by Gasteiger charge is 2.17. The molecule has 0 saturated heterocycles. The number of benzene rings is 10. The van der Waals surface area contributed by atoms with Gasteiger partial charge in [-0.25, -0.2) is 0 Å². The first kappa shape index (κ1) is 35.2. The van der Waals surface area contributed by atoms with Crippen molar-refractivity contribution in [2.75, 3.05) is 4.90 Å². The molecule has 0 spiro atoms. The largest absolute Gasteiger partial charge is 0.456 e. The van der Waals surface area contributed by atoms with Crippen LogP contribution in [0.4, 0.5) is 17.1 Å². The van der Waals surface area contributed by atoms with E-state index in [0.29, 0.717) is 0 Å². The van der Waals surface area contributed by atoms with Gasteiger partial charge >= 0.3 is 0 Å². The van der Waals surface area contributed by atoms with Gasteiger partial charge in [0.1, 0.15) is 11.3 Å². The van der Waals surface area contributed by atoms with Gasteiger partial charge in [-0.2, -0.15) is 0 Å². The summed E-state index contributed by atoms with van der Waals surface area (Å²) in [4.78, 5) is 2.36. The Balaban J connectivity index is 1.00. The van der Waals surface area contributed by atoms with Crippen LogP contribution in [0, 0.1) is 0 Å². The molecule has 11 rings (SSSR count). The lowest BCUT2D eigenvalue weighted by atomic mass is 9.93. The molecule has 11 aromatic rings. The van der Waals surface area contributed by atoms with E-state index in [1.54, 1.807) is 0 Å². The quantitative estimate of drug-likeness (QED) is 0.143. The molecule has 0 amide bonds. The van der Waals surface area contributed by atoms with E-state index in [2.05, 4.69) is 229 Å². The second kappa shape index (κ2) is 15.1. The number of hydrogen-bond acceptors (Lipinski definition) is 2. The van der Waals surface area contributed by atoms with Crippen LogP contribution in [-0.4, -0.2) is 0 Å². The van der Waals surface area contributed by atoms with E-state index >= 15 is 0 Å². The lowest BCUT2D eigenvalue weighted by molar-refractivity contribution is 0.632. The van der Waals surface area contributed by atoms with Crippen LogP contribution >= 0.6 is 0 Å². The minimum atomic E-state index is 0.859. The summed E-state index contributed by atoms with van der Waals surface area (Å²) in [6, 6.07) is 84.8. The van der Waals surface area contributed by atoms with Gasteiger partial charge in [0.2, 0.25) is 0 Å². The fourth-order valence-corrected chi connectivity index (χ4v) is 8.70. The summed E-state index contributed by atoms with van der Waals surface area (Å²) in [5.74, 6) is 0.859. The molecule has 0 radical (unpaired) electrons. The van der Waals surface area contributed by atoms with Gasteiger partial charge in [-0.15, -0.1) is 0 Å². The topological polar surface area (TPSA) is 16.4 Å². The van der Waals surface area contributed by atoms with Crippen LogP contribution in [-0.2, 0) is 0 Å². The van der Waals surface area contributed by atoms with E-state index in [0.717, 1.165) is 61.6 Å². The normalized spacial score (nSPS) is 11.3. The molecule has 1 aromatic heterocycles. The maximum Gasteiger partial charge on any atom is 0.136 e. The Kier molecular flexibility index (Phi) is 8.87. The van der Waals surface area contributed by atoms with Gasteiger partial charge < -0.3 is 9.32 Å². The van der Waals surface area contributed by atoms with E-state index in [4.69, 9.17) is 4.42 Å². The summed E-state index contributed by atoms with van der Waals surface area (Å²) in [5, 5.41) is 6.14. The number of fused-ring (bicyclic) bond motifs is 4. The molecule has 0 aliphatic rings. The lowest BCUT2D eigenvalue weighted by Gasteiger charge is -2.26. The second-order valence-corrected chi connectivity index (χ2v) is 15.3. The Morgan fingerprint density at radius 1 is 0.267 bits per heavy atom. The third kappa shape index (κ3) is 6.51. The highest BCUT2D eigenvalue weighted by atomic mass is 16.3. The Morgan fingerprint density at radius 3 is 1.53 bits per heavy atom. The first-order valence-electron chi connectivity index (χ1n) is 20.5. The van der Waals surface area contributed by atoms with Gasteiger partial charge in [0, 0.05) is 28.0 Å². The van der Waals surface area contributed by atoms with Gasteiger partial charge in [-0.05, 0) is 127 Å². The van der Waals surface area contributed by atoms with Crippen LogP contribution < -0.4 is 4.90 Å². The molecular weight excluding hydrogens is 727 g/mol. The van der Waals surface area contributed by atoms with Crippen molar-refractivity contribution in [2.24, 2.45) is 0 Å². The number of rotatable bonds is 8. The molecule has 0 aliphatic heterocycles. The Bertz CT molecular complexity index is 3260. The van der Waals surface area contributed by atoms with Crippen LogP contribution in [0.3, 0.4) is 0 Å². The molecule has 2 heteroatoms. The molecule has 0 bridgehead atoms. The van der Waals surface area contributed by atoms with Gasteiger partial charge in [0.15, 0.2) is 0 Å². The van der Waals surface area contributed by atoms with Crippen molar-refractivity contribution in [1.29, 1.82) is 0 Å². The van der Waals surface area contributed by atoms with Crippen molar-refractivity contribution in [2.45, 2.75) is 0 Å². The van der Waals surface area contributed by atoms with Crippen molar-refractivity contribution in [1.82, 2.24) is 0 Å². The Labute approximate surface area is 349 Å². The molecule has 0 fully saturated rings. The third-order valence-electron chi connectivity index (χ3n) is 11.7. The molecule has 60 heavy (non-hydrogen) atoms. The fourth-order valence-electron chi connectivity index (χ4n) is 8.70. The maximum absolute atomic E-state index is 6.47. The SMILES string of the molecule is c1ccc(-c2cccc(N(c3ccc(-c4ccc(-c5ccccc5)c(-c5cc6ccccc6o5)c4)cc3)c3ccc(-c4cc5ccccc5c5ccccc45)cc3)c2)cc1. The summed E-state index contributed by atoms with van der Waals surface area (Å²) < 4.78 is 6.47.